The fourth-order valence-corrected chi connectivity index (χ4v) is 2.21. The molecule has 2 amide bonds. The molecule has 0 spiro atoms. The van der Waals surface area contributed by atoms with Gasteiger partial charge in [-0.15, -0.1) is 0 Å². The van der Waals surface area contributed by atoms with Gasteiger partial charge in [-0.3, -0.25) is 0 Å². The summed E-state index contributed by atoms with van der Waals surface area (Å²) in [5, 5.41) is 12.1. The molecule has 0 saturated heterocycles. The monoisotopic (exact) mass is 214 g/mol. The number of urea groups is 1. The molecule has 4 heteroatoms. The molecule has 0 heterocycles. The maximum atomic E-state index is 11.8. The summed E-state index contributed by atoms with van der Waals surface area (Å²) >= 11 is 0. The lowest BCUT2D eigenvalue weighted by atomic mass is 10.1. The first-order chi connectivity index (χ1) is 7.22. The van der Waals surface area contributed by atoms with Gasteiger partial charge in [0.15, 0.2) is 0 Å². The van der Waals surface area contributed by atoms with E-state index < -0.39 is 0 Å². The summed E-state index contributed by atoms with van der Waals surface area (Å²) in [7, 11) is 0. The molecular formula is C11H22N2O2. The standard InChI is InChI=1S/C11H22N2O2/c1-3-13(4-2)11(15)12-10-7-5-6-9(10)8-14/h9-10,14H,3-8H2,1-2H3,(H,12,15). The number of rotatable bonds is 4. The second kappa shape index (κ2) is 5.95. The van der Waals surface area contributed by atoms with E-state index >= 15 is 0 Å². The third-order valence-electron chi connectivity index (χ3n) is 3.25. The summed E-state index contributed by atoms with van der Waals surface area (Å²) in [6.07, 6.45) is 3.13. The van der Waals surface area contributed by atoms with Crippen LogP contribution < -0.4 is 5.32 Å². The molecule has 0 bridgehead atoms. The lowest BCUT2D eigenvalue weighted by molar-refractivity contribution is 0.180. The average molecular weight is 214 g/mol. The smallest absolute Gasteiger partial charge is 0.317 e. The number of aliphatic hydroxyl groups excluding tert-OH is 1. The van der Waals surface area contributed by atoms with Gasteiger partial charge in [-0.2, -0.15) is 0 Å². The number of amides is 2. The predicted octanol–water partition coefficient (Wildman–Crippen LogP) is 1.20. The van der Waals surface area contributed by atoms with E-state index in [0.717, 1.165) is 32.4 Å². The summed E-state index contributed by atoms with van der Waals surface area (Å²) in [4.78, 5) is 13.5. The van der Waals surface area contributed by atoms with E-state index in [0.29, 0.717) is 0 Å². The van der Waals surface area contributed by atoms with Crippen molar-refractivity contribution in [2.45, 2.75) is 39.2 Å². The second-order valence-corrected chi connectivity index (χ2v) is 4.10. The van der Waals surface area contributed by atoms with E-state index in [2.05, 4.69) is 5.32 Å². The fraction of sp³-hybridized carbons (Fsp3) is 0.909. The molecule has 15 heavy (non-hydrogen) atoms. The molecule has 4 nitrogen and oxygen atoms in total. The van der Waals surface area contributed by atoms with E-state index in [1.165, 1.54) is 0 Å². The molecular weight excluding hydrogens is 192 g/mol. The molecule has 1 aliphatic carbocycles. The SMILES string of the molecule is CCN(CC)C(=O)NC1CCCC1CO. The highest BCUT2D eigenvalue weighted by Gasteiger charge is 2.28. The Hall–Kier alpha value is -0.770. The molecule has 0 aromatic carbocycles. The van der Waals surface area contributed by atoms with Crippen LogP contribution in [-0.4, -0.2) is 41.8 Å². The molecule has 2 N–H and O–H groups in total. The number of carbonyl (C=O) groups is 1. The molecule has 1 fully saturated rings. The van der Waals surface area contributed by atoms with Gasteiger partial charge in [0.25, 0.3) is 0 Å². The summed E-state index contributed by atoms with van der Waals surface area (Å²) in [6, 6.07) is 0.174. The van der Waals surface area contributed by atoms with E-state index in [4.69, 9.17) is 5.11 Å². The van der Waals surface area contributed by atoms with Crippen molar-refractivity contribution in [1.29, 1.82) is 0 Å². The Balaban J connectivity index is 2.42. The van der Waals surface area contributed by atoms with Gasteiger partial charge in [0.2, 0.25) is 0 Å². The zero-order chi connectivity index (χ0) is 11.3. The van der Waals surface area contributed by atoms with E-state index in [1.54, 1.807) is 4.90 Å². The first kappa shape index (κ1) is 12.3. The van der Waals surface area contributed by atoms with Crippen molar-refractivity contribution in [2.24, 2.45) is 5.92 Å². The normalized spacial score (nSPS) is 25.3. The van der Waals surface area contributed by atoms with Gasteiger partial charge in [0.05, 0.1) is 0 Å². The van der Waals surface area contributed by atoms with Gasteiger partial charge in [-0.05, 0) is 26.7 Å². The molecule has 0 aromatic heterocycles. The maximum Gasteiger partial charge on any atom is 0.317 e. The zero-order valence-electron chi connectivity index (χ0n) is 9.70. The lowest BCUT2D eigenvalue weighted by Gasteiger charge is -2.25. The van der Waals surface area contributed by atoms with Crippen molar-refractivity contribution >= 4 is 6.03 Å². The van der Waals surface area contributed by atoms with Crippen molar-refractivity contribution in [3.05, 3.63) is 0 Å². The lowest BCUT2D eigenvalue weighted by Crippen LogP contribution is -2.46. The van der Waals surface area contributed by atoms with Crippen LogP contribution >= 0.6 is 0 Å². The van der Waals surface area contributed by atoms with Gasteiger partial charge in [-0.25, -0.2) is 4.79 Å². The van der Waals surface area contributed by atoms with Crippen molar-refractivity contribution in [3.63, 3.8) is 0 Å². The summed E-state index contributed by atoms with van der Waals surface area (Å²) < 4.78 is 0. The molecule has 0 radical (unpaired) electrons. The highest BCUT2D eigenvalue weighted by molar-refractivity contribution is 5.74. The number of nitrogens with one attached hydrogen (secondary N) is 1. The Morgan fingerprint density at radius 1 is 1.40 bits per heavy atom. The van der Waals surface area contributed by atoms with Crippen LogP contribution in [0.5, 0.6) is 0 Å². The molecule has 1 aliphatic rings. The first-order valence-electron chi connectivity index (χ1n) is 5.89. The Morgan fingerprint density at radius 2 is 2.07 bits per heavy atom. The van der Waals surface area contributed by atoms with Crippen molar-refractivity contribution in [1.82, 2.24) is 10.2 Å². The van der Waals surface area contributed by atoms with Crippen LogP contribution in [-0.2, 0) is 0 Å². The van der Waals surface area contributed by atoms with Crippen LogP contribution in [0.3, 0.4) is 0 Å². The van der Waals surface area contributed by atoms with Crippen LogP contribution in [0.25, 0.3) is 0 Å². The van der Waals surface area contributed by atoms with Gasteiger partial charge >= 0.3 is 6.03 Å². The first-order valence-corrected chi connectivity index (χ1v) is 5.89. The van der Waals surface area contributed by atoms with Crippen molar-refractivity contribution in [2.75, 3.05) is 19.7 Å². The molecule has 88 valence electrons. The highest BCUT2D eigenvalue weighted by atomic mass is 16.3. The number of carbonyl (C=O) groups excluding carboxylic acids is 1. The Kier molecular flexibility index (Phi) is 4.88. The number of nitrogens with zero attached hydrogens (tertiary/aromatic N) is 1. The van der Waals surface area contributed by atoms with Crippen LogP contribution in [0.15, 0.2) is 0 Å². The number of hydrogen-bond donors (Lipinski definition) is 2. The number of hydrogen-bond acceptors (Lipinski definition) is 2. The van der Waals surface area contributed by atoms with Gasteiger partial charge in [0.1, 0.15) is 0 Å². The molecule has 2 atom stereocenters. The van der Waals surface area contributed by atoms with E-state index in [9.17, 15) is 4.79 Å². The maximum absolute atomic E-state index is 11.8. The quantitative estimate of drug-likeness (QED) is 0.739. The van der Waals surface area contributed by atoms with Crippen molar-refractivity contribution in [3.8, 4) is 0 Å². The Labute approximate surface area is 91.6 Å². The third-order valence-corrected chi connectivity index (χ3v) is 3.25. The van der Waals surface area contributed by atoms with Gasteiger partial charge in [0, 0.05) is 31.7 Å². The van der Waals surface area contributed by atoms with Crippen LogP contribution in [0.1, 0.15) is 33.1 Å². The van der Waals surface area contributed by atoms with Crippen LogP contribution in [0.2, 0.25) is 0 Å². The largest absolute Gasteiger partial charge is 0.396 e. The summed E-state index contributed by atoms with van der Waals surface area (Å²) in [5.74, 6) is 0.254. The zero-order valence-corrected chi connectivity index (χ0v) is 9.70. The molecule has 1 rings (SSSR count). The Morgan fingerprint density at radius 3 is 2.60 bits per heavy atom. The topological polar surface area (TPSA) is 52.6 Å². The molecule has 1 saturated carbocycles. The predicted molar refractivity (Wildman–Crippen MR) is 59.7 cm³/mol. The van der Waals surface area contributed by atoms with Gasteiger partial charge < -0.3 is 15.3 Å². The summed E-state index contributed by atoms with van der Waals surface area (Å²) in [5.41, 5.74) is 0. The van der Waals surface area contributed by atoms with E-state index in [1.807, 2.05) is 13.8 Å². The molecule has 0 aromatic rings. The minimum Gasteiger partial charge on any atom is -0.396 e. The van der Waals surface area contributed by atoms with E-state index in [-0.39, 0.29) is 24.6 Å². The van der Waals surface area contributed by atoms with Crippen LogP contribution in [0, 0.1) is 5.92 Å². The fourth-order valence-electron chi connectivity index (χ4n) is 2.21. The summed E-state index contributed by atoms with van der Waals surface area (Å²) in [6.45, 7) is 5.60. The minimum absolute atomic E-state index is 0.00495. The van der Waals surface area contributed by atoms with Crippen molar-refractivity contribution < 1.29 is 9.90 Å². The molecule has 0 aliphatic heterocycles. The van der Waals surface area contributed by atoms with Crippen LogP contribution in [0.4, 0.5) is 4.79 Å². The second-order valence-electron chi connectivity index (χ2n) is 4.10. The van der Waals surface area contributed by atoms with Gasteiger partial charge in [-0.1, -0.05) is 6.42 Å². The number of aliphatic hydroxyl groups is 1. The third kappa shape index (κ3) is 3.09. The molecule has 2 unspecified atom stereocenters. The minimum atomic E-state index is 0.00495. The highest BCUT2D eigenvalue weighted by Crippen LogP contribution is 2.25. The average Bonchev–Trinajstić information content (AvgIpc) is 2.67. The Bertz CT molecular complexity index is 205.